The smallest absolute Gasteiger partial charge is 0.164 e. The van der Waals surface area contributed by atoms with E-state index in [9.17, 15) is 0 Å². The first-order valence-corrected chi connectivity index (χ1v) is 21.6. The van der Waals surface area contributed by atoms with E-state index in [0.29, 0.717) is 17.5 Å². The van der Waals surface area contributed by atoms with Gasteiger partial charge >= 0.3 is 0 Å². The second-order valence-corrected chi connectivity index (χ2v) is 16.4. The molecule has 3 aromatic heterocycles. The van der Waals surface area contributed by atoms with Gasteiger partial charge in [0.05, 0.1) is 11.0 Å². The molecule has 13 rings (SSSR count). The van der Waals surface area contributed by atoms with Gasteiger partial charge in [-0.15, -0.1) is 0 Å². The number of para-hydroxylation sites is 1. The van der Waals surface area contributed by atoms with E-state index in [2.05, 4.69) is 162 Å². The van der Waals surface area contributed by atoms with Crippen LogP contribution < -0.4 is 0 Å². The first-order valence-electron chi connectivity index (χ1n) is 21.6. The molecule has 13 aromatic rings. The zero-order valence-electron chi connectivity index (χ0n) is 34.5. The van der Waals surface area contributed by atoms with Crippen LogP contribution in [0, 0.1) is 0 Å². The van der Waals surface area contributed by atoms with Crippen molar-refractivity contribution in [3.05, 3.63) is 218 Å². The number of hydrogen-bond donors (Lipinski definition) is 0. The summed E-state index contributed by atoms with van der Waals surface area (Å²) in [7, 11) is 0. The number of hydrogen-bond acceptors (Lipinski definition) is 4. The Balaban J connectivity index is 0.897. The Hall–Kier alpha value is -8.67. The summed E-state index contributed by atoms with van der Waals surface area (Å²) in [5, 5.41) is 9.34. The minimum Gasteiger partial charge on any atom is -0.456 e. The Morgan fingerprint density at radius 1 is 0.312 bits per heavy atom. The lowest BCUT2D eigenvalue weighted by atomic mass is 9.92. The topological polar surface area (TPSA) is 56.7 Å². The van der Waals surface area contributed by atoms with Gasteiger partial charge in [-0.05, 0) is 98.4 Å². The molecule has 5 nitrogen and oxygen atoms in total. The highest BCUT2D eigenvalue weighted by atomic mass is 16.3. The van der Waals surface area contributed by atoms with Gasteiger partial charge in [-0.25, -0.2) is 15.0 Å². The van der Waals surface area contributed by atoms with Crippen molar-refractivity contribution in [1.29, 1.82) is 0 Å². The molecule has 0 unspecified atom stereocenters. The van der Waals surface area contributed by atoms with Crippen LogP contribution in [0.3, 0.4) is 0 Å². The summed E-state index contributed by atoms with van der Waals surface area (Å²) in [6, 6.07) is 76.9. The molecule has 0 aliphatic rings. The molecule has 0 amide bonds. The van der Waals surface area contributed by atoms with Crippen LogP contribution in [0.25, 0.3) is 127 Å². The molecule has 0 fully saturated rings. The third-order valence-electron chi connectivity index (χ3n) is 12.7. The Morgan fingerprint density at radius 2 is 0.906 bits per heavy atom. The van der Waals surface area contributed by atoms with Crippen LogP contribution in [-0.4, -0.2) is 19.5 Å². The molecule has 0 bridgehead atoms. The van der Waals surface area contributed by atoms with Gasteiger partial charge in [-0.2, -0.15) is 0 Å². The monoisotopic (exact) mass is 816 g/mol. The molecule has 0 N–H and O–H groups in total. The lowest BCUT2D eigenvalue weighted by Gasteiger charge is -2.13. The third-order valence-corrected chi connectivity index (χ3v) is 12.7. The van der Waals surface area contributed by atoms with Gasteiger partial charge in [0.25, 0.3) is 0 Å². The zero-order valence-corrected chi connectivity index (χ0v) is 34.5. The van der Waals surface area contributed by atoms with E-state index >= 15 is 0 Å². The summed E-state index contributed by atoms with van der Waals surface area (Å²) in [4.78, 5) is 15.1. The molecule has 5 heteroatoms. The van der Waals surface area contributed by atoms with Crippen LogP contribution in [0.2, 0.25) is 0 Å². The van der Waals surface area contributed by atoms with Crippen LogP contribution in [0.1, 0.15) is 0 Å². The molecule has 0 saturated carbocycles. The van der Waals surface area contributed by atoms with Gasteiger partial charge in [-0.3, -0.25) is 0 Å². The second kappa shape index (κ2) is 14.5. The minimum absolute atomic E-state index is 0.631. The van der Waals surface area contributed by atoms with Gasteiger partial charge in [0.2, 0.25) is 0 Å². The highest BCUT2D eigenvalue weighted by Crippen LogP contribution is 2.43. The van der Waals surface area contributed by atoms with Crippen molar-refractivity contribution < 1.29 is 4.42 Å². The van der Waals surface area contributed by atoms with E-state index in [1.807, 2.05) is 60.7 Å². The number of benzene rings is 10. The maximum atomic E-state index is 6.68. The first-order chi connectivity index (χ1) is 31.7. The van der Waals surface area contributed by atoms with Gasteiger partial charge < -0.3 is 8.98 Å². The van der Waals surface area contributed by atoms with Gasteiger partial charge in [0.1, 0.15) is 11.2 Å². The Bertz CT molecular complexity index is 3890. The van der Waals surface area contributed by atoms with Crippen molar-refractivity contribution >= 4 is 65.3 Å². The van der Waals surface area contributed by atoms with E-state index in [1.165, 1.54) is 32.6 Å². The standard InChI is InChI=1S/C59H36N4O/c1-3-14-38(15-4-1)57-60-58(39-16-5-2-6-17-39)62-59(61-57)49-33-32-46(44-20-9-10-21-45(44)49)48-23-13-25-54-56(48)50-31-28-42(36-55(50)64-54)37-26-29-43(30-27-37)63-52-24-12-11-22-47(52)51-34-40-18-7-8-19-41(40)35-53(51)63/h1-36H. The maximum Gasteiger partial charge on any atom is 0.164 e. The Labute approximate surface area is 368 Å². The molecule has 64 heavy (non-hydrogen) atoms. The quantitative estimate of drug-likeness (QED) is 0.168. The first kappa shape index (κ1) is 36.0. The molecular formula is C59H36N4O. The highest BCUT2D eigenvalue weighted by Gasteiger charge is 2.20. The molecule has 0 radical (unpaired) electrons. The number of aromatic nitrogens is 4. The lowest BCUT2D eigenvalue weighted by molar-refractivity contribution is 0.669. The average molecular weight is 817 g/mol. The number of nitrogens with zero attached hydrogens (tertiary/aromatic N) is 4. The van der Waals surface area contributed by atoms with Crippen LogP contribution in [0.15, 0.2) is 223 Å². The van der Waals surface area contributed by atoms with Gasteiger partial charge in [0, 0.05) is 43.9 Å². The fraction of sp³-hybridized carbons (Fsp3) is 0. The molecule has 0 aliphatic carbocycles. The Morgan fingerprint density at radius 3 is 1.64 bits per heavy atom. The fourth-order valence-corrected chi connectivity index (χ4v) is 9.62. The zero-order chi connectivity index (χ0) is 42.1. The van der Waals surface area contributed by atoms with Crippen molar-refractivity contribution in [2.24, 2.45) is 0 Å². The molecule has 3 heterocycles. The van der Waals surface area contributed by atoms with E-state index in [4.69, 9.17) is 19.4 Å². The van der Waals surface area contributed by atoms with E-state index in [1.54, 1.807) is 0 Å². The van der Waals surface area contributed by atoms with Crippen LogP contribution in [0.5, 0.6) is 0 Å². The third kappa shape index (κ3) is 5.83. The second-order valence-electron chi connectivity index (χ2n) is 16.4. The van der Waals surface area contributed by atoms with E-state index in [0.717, 1.165) is 77.3 Å². The largest absolute Gasteiger partial charge is 0.456 e. The SMILES string of the molecule is c1ccc(-c2nc(-c3ccccc3)nc(-c3ccc(-c4cccc5oc6cc(-c7ccc(-n8c9ccccc9c9cc%10ccccc%10cc98)cc7)ccc6c45)c4ccccc34)n2)cc1. The lowest BCUT2D eigenvalue weighted by Crippen LogP contribution is -2.00. The predicted molar refractivity (Wildman–Crippen MR) is 264 cm³/mol. The summed E-state index contributed by atoms with van der Waals surface area (Å²) in [6.45, 7) is 0. The van der Waals surface area contributed by atoms with Crippen molar-refractivity contribution in [2.45, 2.75) is 0 Å². The van der Waals surface area contributed by atoms with Crippen molar-refractivity contribution in [1.82, 2.24) is 19.5 Å². The summed E-state index contributed by atoms with van der Waals surface area (Å²) in [6.07, 6.45) is 0. The molecule has 298 valence electrons. The van der Waals surface area contributed by atoms with Crippen LogP contribution in [-0.2, 0) is 0 Å². The molecule has 0 spiro atoms. The molecular weight excluding hydrogens is 781 g/mol. The van der Waals surface area contributed by atoms with Crippen molar-refractivity contribution in [2.75, 3.05) is 0 Å². The van der Waals surface area contributed by atoms with Crippen LogP contribution >= 0.6 is 0 Å². The molecule has 0 saturated heterocycles. The summed E-state index contributed by atoms with van der Waals surface area (Å²) in [5.41, 5.74) is 12.5. The summed E-state index contributed by atoms with van der Waals surface area (Å²) >= 11 is 0. The predicted octanol–water partition coefficient (Wildman–Crippen LogP) is 15.5. The van der Waals surface area contributed by atoms with E-state index < -0.39 is 0 Å². The maximum absolute atomic E-state index is 6.68. The van der Waals surface area contributed by atoms with Crippen molar-refractivity contribution in [3.63, 3.8) is 0 Å². The normalized spacial score (nSPS) is 11.8. The van der Waals surface area contributed by atoms with Crippen LogP contribution in [0.4, 0.5) is 0 Å². The average Bonchev–Trinajstić information content (AvgIpc) is 3.91. The number of rotatable bonds is 6. The number of fused-ring (bicyclic) bond motifs is 8. The van der Waals surface area contributed by atoms with Gasteiger partial charge in [-0.1, -0.05) is 164 Å². The minimum atomic E-state index is 0.631. The summed E-state index contributed by atoms with van der Waals surface area (Å²) in [5.74, 6) is 1.91. The van der Waals surface area contributed by atoms with Crippen molar-refractivity contribution in [3.8, 4) is 62.1 Å². The molecule has 0 atom stereocenters. The highest BCUT2D eigenvalue weighted by molar-refractivity contribution is 6.17. The molecule has 10 aromatic carbocycles. The van der Waals surface area contributed by atoms with E-state index in [-0.39, 0.29) is 0 Å². The Kier molecular flexibility index (Phi) is 8.15. The molecule has 0 aliphatic heterocycles. The summed E-state index contributed by atoms with van der Waals surface area (Å²) < 4.78 is 9.06. The number of furan rings is 1. The fourth-order valence-electron chi connectivity index (χ4n) is 9.62. The van der Waals surface area contributed by atoms with Gasteiger partial charge in [0.15, 0.2) is 17.5 Å².